The average molecular weight is 286 g/mol. The Kier molecular flexibility index (Phi) is 3.80. The fraction of sp³-hybridized carbons (Fsp3) is 0.583. The van der Waals surface area contributed by atoms with Gasteiger partial charge in [-0.15, -0.1) is 11.6 Å². The molecule has 0 bridgehead atoms. The molecule has 1 fully saturated rings. The van der Waals surface area contributed by atoms with E-state index in [9.17, 15) is 14.9 Å². The molecule has 0 radical (unpaired) electrons. The first-order valence-electron chi connectivity index (χ1n) is 6.08. The summed E-state index contributed by atoms with van der Waals surface area (Å²) in [5.74, 6) is 0.236. The highest BCUT2D eigenvalue weighted by Gasteiger charge is 2.30. The topological polar surface area (TPSA) is 68.4 Å². The van der Waals surface area contributed by atoms with Crippen LogP contribution in [0.25, 0.3) is 0 Å². The first kappa shape index (κ1) is 13.9. The third-order valence-corrected chi connectivity index (χ3v) is 3.83. The van der Waals surface area contributed by atoms with Crippen LogP contribution < -0.4 is 0 Å². The Labute approximate surface area is 116 Å². The largest absolute Gasteiger partial charge is 0.340 e. The Hall–Kier alpha value is -1.56. The van der Waals surface area contributed by atoms with E-state index in [-0.39, 0.29) is 17.0 Å². The summed E-state index contributed by atoms with van der Waals surface area (Å²) in [5, 5.41) is 10.9. The molecule has 0 saturated heterocycles. The number of hydrogen-bond acceptors (Lipinski definition) is 3. The molecule has 1 aliphatic carbocycles. The van der Waals surface area contributed by atoms with Gasteiger partial charge < -0.3 is 9.47 Å². The number of rotatable bonds is 4. The van der Waals surface area contributed by atoms with Crippen LogP contribution in [0.15, 0.2) is 12.3 Å². The molecule has 2 rings (SSSR count). The van der Waals surface area contributed by atoms with Gasteiger partial charge in [0.1, 0.15) is 5.69 Å². The Morgan fingerprint density at radius 1 is 1.63 bits per heavy atom. The van der Waals surface area contributed by atoms with Crippen molar-refractivity contribution in [2.45, 2.75) is 18.2 Å². The summed E-state index contributed by atoms with van der Waals surface area (Å²) in [4.78, 5) is 24.0. The van der Waals surface area contributed by atoms with Gasteiger partial charge in [0, 0.05) is 32.1 Å². The minimum atomic E-state index is -0.499. The average Bonchev–Trinajstić information content (AvgIpc) is 2.68. The molecular formula is C12H16ClN3O3. The van der Waals surface area contributed by atoms with Crippen molar-refractivity contribution < 1.29 is 9.72 Å². The first-order chi connectivity index (χ1) is 8.88. The van der Waals surface area contributed by atoms with Gasteiger partial charge in [-0.3, -0.25) is 14.9 Å². The van der Waals surface area contributed by atoms with Crippen molar-refractivity contribution >= 4 is 23.2 Å². The molecular weight excluding hydrogens is 270 g/mol. The number of alkyl halides is 1. The quantitative estimate of drug-likeness (QED) is 0.483. The highest BCUT2D eigenvalue weighted by Crippen LogP contribution is 2.32. The zero-order valence-electron chi connectivity index (χ0n) is 10.9. The summed E-state index contributed by atoms with van der Waals surface area (Å²) in [6.07, 6.45) is 3.19. The predicted octanol–water partition coefficient (Wildman–Crippen LogP) is 2.02. The van der Waals surface area contributed by atoms with E-state index in [2.05, 4.69) is 0 Å². The number of hydrogen-bond donors (Lipinski definition) is 0. The second-order valence-corrected chi connectivity index (χ2v) is 5.69. The molecule has 0 unspecified atom stereocenters. The first-order valence-corrected chi connectivity index (χ1v) is 6.52. The summed E-state index contributed by atoms with van der Waals surface area (Å²) in [5.41, 5.74) is 0.264. The molecule has 0 spiro atoms. The SMILES string of the molecule is CN(CC1CC(Cl)C1)C(=O)c1cc([N+](=O)[O-])cn1C. The van der Waals surface area contributed by atoms with E-state index in [0.29, 0.717) is 18.2 Å². The van der Waals surface area contributed by atoms with Crippen LogP contribution in [0.2, 0.25) is 0 Å². The Morgan fingerprint density at radius 3 is 2.74 bits per heavy atom. The Morgan fingerprint density at radius 2 is 2.26 bits per heavy atom. The molecule has 1 saturated carbocycles. The van der Waals surface area contributed by atoms with Gasteiger partial charge in [0.05, 0.1) is 11.1 Å². The second kappa shape index (κ2) is 5.21. The summed E-state index contributed by atoms with van der Waals surface area (Å²) in [6, 6.07) is 1.31. The van der Waals surface area contributed by atoms with E-state index < -0.39 is 4.92 Å². The van der Waals surface area contributed by atoms with Crippen molar-refractivity contribution in [3.8, 4) is 0 Å². The third kappa shape index (κ3) is 2.89. The van der Waals surface area contributed by atoms with Crippen molar-refractivity contribution in [3.63, 3.8) is 0 Å². The summed E-state index contributed by atoms with van der Waals surface area (Å²) in [6.45, 7) is 0.640. The molecule has 1 aliphatic rings. The van der Waals surface area contributed by atoms with Gasteiger partial charge in [-0.25, -0.2) is 0 Å². The maximum absolute atomic E-state index is 12.2. The van der Waals surface area contributed by atoms with Gasteiger partial charge in [-0.1, -0.05) is 0 Å². The lowest BCUT2D eigenvalue weighted by molar-refractivity contribution is -0.384. The number of halogens is 1. The van der Waals surface area contributed by atoms with Gasteiger partial charge in [0.2, 0.25) is 0 Å². The fourth-order valence-corrected chi connectivity index (χ4v) is 2.83. The van der Waals surface area contributed by atoms with Crippen LogP contribution in [0.5, 0.6) is 0 Å². The smallest absolute Gasteiger partial charge is 0.287 e. The maximum atomic E-state index is 12.2. The highest BCUT2D eigenvalue weighted by molar-refractivity contribution is 6.21. The number of nitro groups is 1. The lowest BCUT2D eigenvalue weighted by Crippen LogP contribution is -2.38. The summed E-state index contributed by atoms with van der Waals surface area (Å²) < 4.78 is 1.49. The normalized spacial score (nSPS) is 21.8. The maximum Gasteiger partial charge on any atom is 0.287 e. The minimum Gasteiger partial charge on any atom is -0.340 e. The van der Waals surface area contributed by atoms with E-state index in [1.54, 1.807) is 19.0 Å². The van der Waals surface area contributed by atoms with Gasteiger partial charge in [0.15, 0.2) is 0 Å². The molecule has 1 aromatic rings. The monoisotopic (exact) mass is 285 g/mol. The molecule has 1 aromatic heterocycles. The van der Waals surface area contributed by atoms with Crippen molar-refractivity contribution in [1.82, 2.24) is 9.47 Å². The van der Waals surface area contributed by atoms with E-state index >= 15 is 0 Å². The van der Waals surface area contributed by atoms with Crippen LogP contribution in [0.4, 0.5) is 5.69 Å². The molecule has 19 heavy (non-hydrogen) atoms. The van der Waals surface area contributed by atoms with Crippen LogP contribution in [-0.2, 0) is 7.05 Å². The molecule has 104 valence electrons. The summed E-state index contributed by atoms with van der Waals surface area (Å²) >= 11 is 5.90. The summed E-state index contributed by atoms with van der Waals surface area (Å²) in [7, 11) is 3.34. The molecule has 0 N–H and O–H groups in total. The number of carbonyl (C=O) groups is 1. The van der Waals surface area contributed by atoms with Crippen molar-refractivity contribution in [2.24, 2.45) is 13.0 Å². The zero-order valence-corrected chi connectivity index (χ0v) is 11.6. The van der Waals surface area contributed by atoms with E-state index in [1.165, 1.54) is 16.8 Å². The van der Waals surface area contributed by atoms with Gasteiger partial charge >= 0.3 is 0 Å². The number of nitrogens with zero attached hydrogens (tertiary/aromatic N) is 3. The molecule has 1 amide bonds. The Bertz CT molecular complexity index is 508. The molecule has 0 atom stereocenters. The number of carbonyl (C=O) groups excluding carboxylic acids is 1. The van der Waals surface area contributed by atoms with Crippen LogP contribution in [0.3, 0.4) is 0 Å². The van der Waals surface area contributed by atoms with Gasteiger partial charge in [0.25, 0.3) is 11.6 Å². The van der Waals surface area contributed by atoms with E-state index in [0.717, 1.165) is 12.8 Å². The predicted molar refractivity (Wildman–Crippen MR) is 71.4 cm³/mol. The van der Waals surface area contributed by atoms with Gasteiger partial charge in [-0.05, 0) is 18.8 Å². The van der Waals surface area contributed by atoms with Crippen molar-refractivity contribution in [3.05, 3.63) is 28.1 Å². The molecule has 0 aromatic carbocycles. The third-order valence-electron chi connectivity index (χ3n) is 3.48. The molecule has 0 aliphatic heterocycles. The van der Waals surface area contributed by atoms with Crippen molar-refractivity contribution in [2.75, 3.05) is 13.6 Å². The minimum absolute atomic E-state index is 0.0660. The van der Waals surface area contributed by atoms with Crippen LogP contribution in [0.1, 0.15) is 23.3 Å². The van der Waals surface area contributed by atoms with Gasteiger partial charge in [-0.2, -0.15) is 0 Å². The van der Waals surface area contributed by atoms with E-state index in [4.69, 9.17) is 11.6 Å². The van der Waals surface area contributed by atoms with Crippen LogP contribution in [0, 0.1) is 16.0 Å². The zero-order chi connectivity index (χ0) is 14.2. The lowest BCUT2D eigenvalue weighted by Gasteiger charge is -2.34. The molecule has 6 nitrogen and oxygen atoms in total. The van der Waals surface area contributed by atoms with E-state index in [1.807, 2.05) is 0 Å². The fourth-order valence-electron chi connectivity index (χ4n) is 2.33. The van der Waals surface area contributed by atoms with Crippen LogP contribution in [-0.4, -0.2) is 39.3 Å². The number of aryl methyl sites for hydroxylation is 1. The number of aromatic nitrogens is 1. The van der Waals surface area contributed by atoms with Crippen LogP contribution >= 0.6 is 11.6 Å². The highest BCUT2D eigenvalue weighted by atomic mass is 35.5. The second-order valence-electron chi connectivity index (χ2n) is 5.07. The lowest BCUT2D eigenvalue weighted by atomic mass is 9.84. The molecule has 1 heterocycles. The molecule has 7 heteroatoms. The number of amides is 1. The van der Waals surface area contributed by atoms with Crippen molar-refractivity contribution in [1.29, 1.82) is 0 Å². The Balaban J connectivity index is 2.04. The standard InChI is InChI=1S/C12H16ClN3O3/c1-14-7-10(16(18)19)5-11(14)12(17)15(2)6-8-3-9(13)4-8/h5,7-9H,3-4,6H2,1-2H3.